The first-order valence-corrected chi connectivity index (χ1v) is 3.44. The van der Waals surface area contributed by atoms with E-state index in [1.165, 1.54) is 26.5 Å². The predicted molar refractivity (Wildman–Crippen MR) is 48.9 cm³/mol. The highest BCUT2D eigenvalue weighted by molar-refractivity contribution is 5.98. The molecule has 5 nitrogen and oxygen atoms in total. The van der Waals surface area contributed by atoms with Crippen LogP contribution < -0.4 is 5.73 Å². The van der Waals surface area contributed by atoms with Gasteiger partial charge in [0, 0.05) is 0 Å². The average molecular weight is 184 g/mol. The molecular formula is C8H12N2O3. The summed E-state index contributed by atoms with van der Waals surface area (Å²) in [5.41, 5.74) is 5.77. The molecule has 0 fully saturated rings. The number of carbonyl (C=O) groups excluding carboxylic acids is 1. The normalized spacial score (nSPS) is 12.2. The average Bonchev–Trinajstić information content (AvgIpc) is 2.15. The van der Waals surface area contributed by atoms with Gasteiger partial charge in [0.05, 0.1) is 24.6 Å². The van der Waals surface area contributed by atoms with Crippen molar-refractivity contribution in [1.29, 1.82) is 0 Å². The number of carbonyl (C=O) groups is 1. The number of hydrogen-bond donors (Lipinski definition) is 1. The van der Waals surface area contributed by atoms with Crippen LogP contribution >= 0.6 is 0 Å². The van der Waals surface area contributed by atoms with Gasteiger partial charge in [-0.15, -0.1) is 0 Å². The highest BCUT2D eigenvalue weighted by Gasteiger charge is 2.08. The summed E-state index contributed by atoms with van der Waals surface area (Å²) in [6.07, 6.45) is 2.50. The van der Waals surface area contributed by atoms with Gasteiger partial charge in [-0.2, -0.15) is 0 Å². The van der Waals surface area contributed by atoms with Gasteiger partial charge in [-0.05, 0) is 0 Å². The van der Waals surface area contributed by atoms with Gasteiger partial charge in [0.15, 0.2) is 0 Å². The molecule has 0 aliphatic carbocycles. The first kappa shape index (κ1) is 11.2. The minimum Gasteiger partial charge on any atom is -0.465 e. The number of allylic oxidation sites excluding steroid dienone is 1. The summed E-state index contributed by atoms with van der Waals surface area (Å²) in [6, 6.07) is 0. The Hall–Kier alpha value is -1.78. The number of hydrogen-bond acceptors (Lipinski definition) is 5. The summed E-state index contributed by atoms with van der Waals surface area (Å²) in [6.45, 7) is 3.42. The molecule has 13 heavy (non-hydrogen) atoms. The Labute approximate surface area is 76.5 Å². The van der Waals surface area contributed by atoms with Crippen LogP contribution in [0.5, 0.6) is 0 Å². The van der Waals surface area contributed by atoms with Gasteiger partial charge in [-0.1, -0.05) is 17.8 Å². The lowest BCUT2D eigenvalue weighted by atomic mass is 10.2. The van der Waals surface area contributed by atoms with Crippen LogP contribution in [0.1, 0.15) is 0 Å². The van der Waals surface area contributed by atoms with Crippen LogP contribution in [-0.4, -0.2) is 26.4 Å². The van der Waals surface area contributed by atoms with Crippen LogP contribution in [-0.2, 0) is 14.4 Å². The Morgan fingerprint density at radius 1 is 1.54 bits per heavy atom. The van der Waals surface area contributed by atoms with Crippen LogP contribution in [0.25, 0.3) is 0 Å². The summed E-state index contributed by atoms with van der Waals surface area (Å²) in [5.74, 6) is -0.560. The molecule has 0 heterocycles. The third-order valence-corrected chi connectivity index (χ3v) is 1.22. The number of rotatable bonds is 4. The number of nitrogens with two attached hydrogens (primary N) is 1. The van der Waals surface area contributed by atoms with Crippen LogP contribution in [0.4, 0.5) is 0 Å². The molecule has 0 spiro atoms. The minimum atomic E-state index is -0.560. The van der Waals surface area contributed by atoms with E-state index in [0.29, 0.717) is 0 Å². The third-order valence-electron chi connectivity index (χ3n) is 1.22. The first-order chi connectivity index (χ1) is 6.17. The molecule has 0 aromatic rings. The Morgan fingerprint density at radius 2 is 2.15 bits per heavy atom. The van der Waals surface area contributed by atoms with Crippen molar-refractivity contribution in [3.63, 3.8) is 0 Å². The highest BCUT2D eigenvalue weighted by atomic mass is 16.6. The van der Waals surface area contributed by atoms with Crippen LogP contribution in [0.3, 0.4) is 0 Å². The largest absolute Gasteiger partial charge is 0.465 e. The van der Waals surface area contributed by atoms with E-state index in [2.05, 4.69) is 21.3 Å². The topological polar surface area (TPSA) is 73.9 Å². The molecule has 0 unspecified atom stereocenters. The number of esters is 1. The second-order valence-electron chi connectivity index (χ2n) is 1.98. The Kier molecular flexibility index (Phi) is 5.02. The van der Waals surface area contributed by atoms with E-state index < -0.39 is 5.97 Å². The second kappa shape index (κ2) is 5.82. The van der Waals surface area contributed by atoms with Crippen molar-refractivity contribution in [2.75, 3.05) is 14.2 Å². The van der Waals surface area contributed by atoms with E-state index in [-0.39, 0.29) is 11.3 Å². The standard InChI is InChI=1S/C8H12N2O3/c1-4-6(8(11)12-2)7(9)5-10-13-3/h4-5H,1,9H2,2-3H3/b7-6-,10-5-. The van der Waals surface area contributed by atoms with E-state index in [1.807, 2.05) is 0 Å². The maximum Gasteiger partial charge on any atom is 0.339 e. The molecule has 72 valence electrons. The zero-order valence-corrected chi connectivity index (χ0v) is 7.61. The third kappa shape index (κ3) is 3.42. The second-order valence-corrected chi connectivity index (χ2v) is 1.98. The summed E-state index contributed by atoms with van der Waals surface area (Å²) < 4.78 is 4.45. The molecule has 0 aliphatic heterocycles. The molecular weight excluding hydrogens is 172 g/mol. The molecule has 0 rings (SSSR count). The van der Waals surface area contributed by atoms with Crippen molar-refractivity contribution < 1.29 is 14.4 Å². The lowest BCUT2D eigenvalue weighted by Gasteiger charge is -2.00. The summed E-state index contributed by atoms with van der Waals surface area (Å²) >= 11 is 0. The smallest absolute Gasteiger partial charge is 0.339 e. The van der Waals surface area contributed by atoms with Gasteiger partial charge < -0.3 is 15.3 Å². The van der Waals surface area contributed by atoms with E-state index >= 15 is 0 Å². The van der Waals surface area contributed by atoms with Gasteiger partial charge in [-0.25, -0.2) is 4.79 Å². The highest BCUT2D eigenvalue weighted by Crippen LogP contribution is 2.01. The fourth-order valence-electron chi connectivity index (χ4n) is 0.608. The molecule has 0 saturated carbocycles. The first-order valence-electron chi connectivity index (χ1n) is 3.44. The van der Waals surface area contributed by atoms with Crippen molar-refractivity contribution >= 4 is 12.2 Å². The van der Waals surface area contributed by atoms with E-state index in [1.54, 1.807) is 0 Å². The van der Waals surface area contributed by atoms with Gasteiger partial charge >= 0.3 is 5.97 Å². The van der Waals surface area contributed by atoms with Gasteiger partial charge in [0.2, 0.25) is 0 Å². The summed E-state index contributed by atoms with van der Waals surface area (Å²) in [5, 5.41) is 3.39. The molecule has 0 aromatic carbocycles. The summed E-state index contributed by atoms with van der Waals surface area (Å²) in [4.78, 5) is 15.4. The van der Waals surface area contributed by atoms with Crippen molar-refractivity contribution in [1.82, 2.24) is 0 Å². The van der Waals surface area contributed by atoms with Crippen LogP contribution in [0.2, 0.25) is 0 Å². The molecule has 0 atom stereocenters. The lowest BCUT2D eigenvalue weighted by Crippen LogP contribution is -2.12. The summed E-state index contributed by atoms with van der Waals surface area (Å²) in [7, 11) is 2.63. The van der Waals surface area contributed by atoms with Gasteiger partial charge in [0.1, 0.15) is 7.11 Å². The Bertz CT molecular complexity index is 256. The zero-order valence-electron chi connectivity index (χ0n) is 7.61. The molecule has 0 radical (unpaired) electrons. The van der Waals surface area contributed by atoms with Crippen LogP contribution in [0.15, 0.2) is 29.1 Å². The van der Waals surface area contributed by atoms with E-state index in [0.717, 1.165) is 0 Å². The predicted octanol–water partition coefficient (Wildman–Crippen LogP) is 0.190. The molecule has 0 aromatic heterocycles. The van der Waals surface area contributed by atoms with Crippen molar-refractivity contribution in [3.8, 4) is 0 Å². The van der Waals surface area contributed by atoms with Crippen LogP contribution in [0, 0.1) is 0 Å². The lowest BCUT2D eigenvalue weighted by molar-refractivity contribution is -0.135. The molecule has 0 aliphatic rings. The maximum atomic E-state index is 11.0. The minimum absolute atomic E-state index is 0.142. The van der Waals surface area contributed by atoms with E-state index in [9.17, 15) is 4.79 Å². The number of methoxy groups -OCH3 is 1. The number of ether oxygens (including phenoxy) is 1. The molecule has 0 saturated heterocycles. The quantitative estimate of drug-likeness (QED) is 0.222. The fourth-order valence-corrected chi connectivity index (χ4v) is 0.608. The zero-order chi connectivity index (χ0) is 10.3. The van der Waals surface area contributed by atoms with Crippen molar-refractivity contribution in [2.45, 2.75) is 0 Å². The van der Waals surface area contributed by atoms with Gasteiger partial charge in [-0.3, -0.25) is 0 Å². The van der Waals surface area contributed by atoms with Gasteiger partial charge in [0.25, 0.3) is 0 Å². The fraction of sp³-hybridized carbons (Fsp3) is 0.250. The molecule has 2 N–H and O–H groups in total. The maximum absolute atomic E-state index is 11.0. The number of oxime groups is 1. The van der Waals surface area contributed by atoms with Crippen molar-refractivity contribution in [3.05, 3.63) is 23.9 Å². The SMILES string of the molecule is C=C/C(C(=O)OC)=C(N)\C=N/OC. The van der Waals surface area contributed by atoms with Crippen molar-refractivity contribution in [2.24, 2.45) is 10.9 Å². The molecule has 5 heteroatoms. The number of nitrogens with zero attached hydrogens (tertiary/aromatic N) is 1. The molecule has 0 bridgehead atoms. The Morgan fingerprint density at radius 3 is 2.54 bits per heavy atom. The van der Waals surface area contributed by atoms with E-state index in [4.69, 9.17) is 5.73 Å². The monoisotopic (exact) mass is 184 g/mol. The molecule has 0 amide bonds. The Balaban J connectivity index is 4.78.